The summed E-state index contributed by atoms with van der Waals surface area (Å²) in [6.45, 7) is -0.213. The Hall–Kier alpha value is -3.59. The Kier molecular flexibility index (Phi) is 6.87. The van der Waals surface area contributed by atoms with Crippen LogP contribution in [-0.2, 0) is 4.79 Å². The van der Waals surface area contributed by atoms with E-state index in [1.54, 1.807) is 0 Å². The van der Waals surface area contributed by atoms with Gasteiger partial charge in [-0.2, -0.15) is 0 Å². The third kappa shape index (κ3) is 4.87. The number of carbonyl (C=O) groups excluding carboxylic acids is 2. The van der Waals surface area contributed by atoms with Crippen molar-refractivity contribution in [3.05, 3.63) is 53.4 Å². The molecule has 0 aliphatic carbocycles. The average molecular weight is 427 g/mol. The summed E-state index contributed by atoms with van der Waals surface area (Å²) in [5.74, 6) is 0.246. The number of carbonyl (C=O) groups is 2. The smallest absolute Gasteiger partial charge is 0.251 e. The summed E-state index contributed by atoms with van der Waals surface area (Å²) >= 11 is 1.31. The molecule has 9 heteroatoms. The molecular formula is C21H21N3O5S. The normalized spacial score (nSPS) is 10.2. The predicted octanol–water partition coefficient (Wildman–Crippen LogP) is 3.20. The van der Waals surface area contributed by atoms with Crippen LogP contribution < -0.4 is 24.8 Å². The van der Waals surface area contributed by atoms with Gasteiger partial charge < -0.3 is 24.8 Å². The highest BCUT2D eigenvalue weighted by Gasteiger charge is 2.17. The van der Waals surface area contributed by atoms with E-state index < -0.39 is 5.91 Å². The van der Waals surface area contributed by atoms with Gasteiger partial charge in [0.25, 0.3) is 5.91 Å². The fourth-order valence-electron chi connectivity index (χ4n) is 2.71. The second-order valence-corrected chi connectivity index (χ2v) is 6.91. The number of nitrogens with zero attached hydrogens (tertiary/aromatic N) is 1. The highest BCUT2D eigenvalue weighted by molar-refractivity contribution is 7.14. The van der Waals surface area contributed by atoms with Gasteiger partial charge in [-0.1, -0.05) is 30.3 Å². The van der Waals surface area contributed by atoms with E-state index in [4.69, 9.17) is 14.2 Å². The average Bonchev–Trinajstić information content (AvgIpc) is 3.25. The van der Waals surface area contributed by atoms with E-state index >= 15 is 0 Å². The van der Waals surface area contributed by atoms with Gasteiger partial charge in [-0.25, -0.2) is 4.98 Å². The number of hydrogen-bond donors (Lipinski definition) is 2. The van der Waals surface area contributed by atoms with Crippen molar-refractivity contribution in [2.75, 3.05) is 33.2 Å². The number of methoxy groups -OCH3 is 3. The van der Waals surface area contributed by atoms with E-state index in [0.29, 0.717) is 22.4 Å². The van der Waals surface area contributed by atoms with Crippen molar-refractivity contribution >= 4 is 28.3 Å². The molecule has 0 unspecified atom stereocenters. The molecule has 0 aliphatic rings. The summed E-state index contributed by atoms with van der Waals surface area (Å²) in [7, 11) is 4.40. The Morgan fingerprint density at radius 3 is 2.27 bits per heavy atom. The third-order valence-corrected chi connectivity index (χ3v) is 4.91. The number of benzene rings is 2. The minimum atomic E-state index is -0.450. The lowest BCUT2D eigenvalue weighted by atomic mass is 10.1. The zero-order chi connectivity index (χ0) is 21.5. The molecule has 0 fully saturated rings. The number of thiazole rings is 1. The van der Waals surface area contributed by atoms with E-state index in [9.17, 15) is 9.59 Å². The van der Waals surface area contributed by atoms with E-state index in [1.165, 1.54) is 44.8 Å². The summed E-state index contributed by atoms with van der Waals surface area (Å²) in [5.41, 5.74) is 2.01. The molecule has 8 nitrogen and oxygen atoms in total. The Balaban J connectivity index is 1.61. The van der Waals surface area contributed by atoms with E-state index in [2.05, 4.69) is 15.6 Å². The van der Waals surface area contributed by atoms with Crippen molar-refractivity contribution in [1.82, 2.24) is 10.3 Å². The molecule has 2 N–H and O–H groups in total. The number of amides is 2. The van der Waals surface area contributed by atoms with Gasteiger partial charge in [-0.05, 0) is 12.1 Å². The van der Waals surface area contributed by atoms with Crippen LogP contribution >= 0.6 is 11.3 Å². The minimum Gasteiger partial charge on any atom is -0.493 e. The molecular weight excluding hydrogens is 406 g/mol. The van der Waals surface area contributed by atoms with Crippen LogP contribution in [0.2, 0.25) is 0 Å². The summed E-state index contributed by atoms with van der Waals surface area (Å²) in [6.07, 6.45) is 0. The quantitative estimate of drug-likeness (QED) is 0.573. The number of aromatic nitrogens is 1. The van der Waals surface area contributed by atoms with Crippen molar-refractivity contribution in [2.24, 2.45) is 0 Å². The van der Waals surface area contributed by atoms with Gasteiger partial charge in [0.2, 0.25) is 11.7 Å². The first kappa shape index (κ1) is 21.1. The summed E-state index contributed by atoms with van der Waals surface area (Å²) in [5, 5.41) is 7.58. The van der Waals surface area contributed by atoms with Gasteiger partial charge in [0.1, 0.15) is 0 Å². The van der Waals surface area contributed by atoms with Gasteiger partial charge in [0, 0.05) is 16.5 Å². The zero-order valence-corrected chi connectivity index (χ0v) is 17.5. The van der Waals surface area contributed by atoms with Crippen LogP contribution in [0, 0.1) is 0 Å². The van der Waals surface area contributed by atoms with Gasteiger partial charge in [-0.3, -0.25) is 9.59 Å². The molecule has 0 saturated heterocycles. The highest BCUT2D eigenvalue weighted by Crippen LogP contribution is 2.38. The largest absolute Gasteiger partial charge is 0.493 e. The molecule has 2 aromatic carbocycles. The number of hydrogen-bond acceptors (Lipinski definition) is 7. The van der Waals surface area contributed by atoms with Gasteiger partial charge in [0.15, 0.2) is 16.6 Å². The van der Waals surface area contributed by atoms with Crippen molar-refractivity contribution in [1.29, 1.82) is 0 Å². The number of nitrogens with one attached hydrogen (secondary N) is 2. The Morgan fingerprint density at radius 2 is 1.67 bits per heavy atom. The molecule has 0 atom stereocenters. The monoisotopic (exact) mass is 427 g/mol. The van der Waals surface area contributed by atoms with Crippen LogP contribution in [0.3, 0.4) is 0 Å². The molecule has 2 amide bonds. The second-order valence-electron chi connectivity index (χ2n) is 6.05. The van der Waals surface area contributed by atoms with Gasteiger partial charge in [-0.15, -0.1) is 11.3 Å². The highest BCUT2D eigenvalue weighted by atomic mass is 32.1. The summed E-state index contributed by atoms with van der Waals surface area (Å²) < 4.78 is 15.7. The maximum Gasteiger partial charge on any atom is 0.251 e. The Labute approximate surface area is 177 Å². The molecule has 0 spiro atoms. The summed E-state index contributed by atoms with van der Waals surface area (Å²) in [6, 6.07) is 12.7. The maximum atomic E-state index is 12.5. The topological polar surface area (TPSA) is 98.8 Å². The van der Waals surface area contributed by atoms with Crippen molar-refractivity contribution < 1.29 is 23.8 Å². The molecule has 0 bridgehead atoms. The zero-order valence-electron chi connectivity index (χ0n) is 16.7. The molecule has 3 aromatic rings. The standard InChI is InChI=1S/C21H21N3O5S/c1-27-16-9-14(10-17(28-2)19(16)29-3)20(26)22-11-18(25)24-21-23-15(12-30-21)13-7-5-4-6-8-13/h4-10,12H,11H2,1-3H3,(H,22,26)(H,23,24,25). The lowest BCUT2D eigenvalue weighted by molar-refractivity contribution is -0.115. The fourth-order valence-corrected chi connectivity index (χ4v) is 3.45. The SMILES string of the molecule is COc1cc(C(=O)NCC(=O)Nc2nc(-c3ccccc3)cs2)cc(OC)c1OC. The van der Waals surface area contributed by atoms with Crippen LogP contribution in [0.5, 0.6) is 17.2 Å². The molecule has 156 valence electrons. The molecule has 3 rings (SSSR count). The fraction of sp³-hybridized carbons (Fsp3) is 0.190. The maximum absolute atomic E-state index is 12.5. The summed E-state index contributed by atoms with van der Waals surface area (Å²) in [4.78, 5) is 29.1. The van der Waals surface area contributed by atoms with Crippen LogP contribution in [0.1, 0.15) is 10.4 Å². The van der Waals surface area contributed by atoms with Crippen LogP contribution in [-0.4, -0.2) is 44.7 Å². The first-order chi connectivity index (χ1) is 14.5. The van der Waals surface area contributed by atoms with E-state index in [1.807, 2.05) is 35.7 Å². The molecule has 0 aliphatic heterocycles. The van der Waals surface area contributed by atoms with E-state index in [0.717, 1.165) is 11.3 Å². The van der Waals surface area contributed by atoms with Crippen LogP contribution in [0.15, 0.2) is 47.8 Å². The lowest BCUT2D eigenvalue weighted by Gasteiger charge is -2.14. The van der Waals surface area contributed by atoms with Crippen LogP contribution in [0.4, 0.5) is 5.13 Å². The van der Waals surface area contributed by atoms with Gasteiger partial charge in [0.05, 0.1) is 33.6 Å². The molecule has 1 aromatic heterocycles. The first-order valence-corrected chi connectivity index (χ1v) is 9.82. The molecule has 0 radical (unpaired) electrons. The Bertz CT molecular complexity index is 1010. The predicted molar refractivity (Wildman–Crippen MR) is 115 cm³/mol. The first-order valence-electron chi connectivity index (χ1n) is 8.94. The Morgan fingerprint density at radius 1 is 1.00 bits per heavy atom. The second kappa shape index (κ2) is 9.75. The van der Waals surface area contributed by atoms with E-state index in [-0.39, 0.29) is 18.0 Å². The lowest BCUT2D eigenvalue weighted by Crippen LogP contribution is -2.32. The molecule has 30 heavy (non-hydrogen) atoms. The van der Waals surface area contributed by atoms with Crippen molar-refractivity contribution in [3.8, 4) is 28.5 Å². The number of ether oxygens (including phenoxy) is 3. The van der Waals surface area contributed by atoms with Crippen LogP contribution in [0.25, 0.3) is 11.3 Å². The van der Waals surface area contributed by atoms with Crippen molar-refractivity contribution in [3.63, 3.8) is 0 Å². The van der Waals surface area contributed by atoms with Gasteiger partial charge >= 0.3 is 0 Å². The molecule has 0 saturated carbocycles. The number of rotatable bonds is 8. The number of anilines is 1. The van der Waals surface area contributed by atoms with Crippen molar-refractivity contribution in [2.45, 2.75) is 0 Å². The third-order valence-electron chi connectivity index (χ3n) is 4.16. The molecule has 1 heterocycles. The minimum absolute atomic E-state index is 0.213.